The van der Waals surface area contributed by atoms with Gasteiger partial charge in [0, 0.05) is 37.0 Å². The zero-order chi connectivity index (χ0) is 22.1. The Morgan fingerprint density at radius 2 is 1.70 bits per heavy atom. The number of rotatable bonds is 9. The van der Waals surface area contributed by atoms with Gasteiger partial charge in [0.1, 0.15) is 29.3 Å². The highest BCUT2D eigenvalue weighted by molar-refractivity contribution is 5.68. The highest BCUT2D eigenvalue weighted by Gasteiger charge is 2.17. The van der Waals surface area contributed by atoms with Crippen molar-refractivity contribution in [2.24, 2.45) is 10.2 Å². The molecule has 2 N–H and O–H groups in total. The lowest BCUT2D eigenvalue weighted by Crippen LogP contribution is -2.29. The van der Waals surface area contributed by atoms with Gasteiger partial charge in [-0.25, -0.2) is 0 Å². The third-order valence-electron chi connectivity index (χ3n) is 4.07. The number of ether oxygens (including phenoxy) is 1. The molecule has 2 rings (SSSR count). The van der Waals surface area contributed by atoms with Crippen LogP contribution in [0.1, 0.15) is 11.1 Å². The van der Waals surface area contributed by atoms with Gasteiger partial charge in [0.25, 0.3) is 5.69 Å². The van der Waals surface area contributed by atoms with Crippen LogP contribution in [0.3, 0.4) is 0 Å². The van der Waals surface area contributed by atoms with Gasteiger partial charge in [-0.3, -0.25) is 10.1 Å². The molecule has 0 spiro atoms. The molecule has 2 aromatic carbocycles. The summed E-state index contributed by atoms with van der Waals surface area (Å²) in [4.78, 5) is 12.0. The minimum atomic E-state index is -0.700. The Morgan fingerprint density at radius 1 is 1.10 bits per heavy atom. The van der Waals surface area contributed by atoms with E-state index in [2.05, 4.69) is 10.2 Å². The fraction of sp³-hybridized carbons (Fsp3) is 0.263. The third kappa shape index (κ3) is 5.05. The zero-order valence-electron chi connectivity index (χ0n) is 16.0. The second kappa shape index (κ2) is 10.5. The monoisotopic (exact) mass is 410 g/mol. The van der Waals surface area contributed by atoms with Crippen LogP contribution in [0.5, 0.6) is 5.75 Å². The molecule has 0 bridgehead atoms. The number of nitro benzene ring substituents is 1. The number of hydrogen-bond acceptors (Lipinski definition) is 10. The number of benzene rings is 2. The predicted molar refractivity (Wildman–Crippen MR) is 106 cm³/mol. The number of non-ortho nitro benzene ring substituents is 1. The molecule has 0 amide bonds. The standard InChI is InChI=1S/C19H18N6O5/c1-30-18-10-15(24(4-6-26)5-7-27)2-3-17(18)22-23-19-13(11-20)8-16(25(28)29)9-14(19)12-21/h2-3,8-10,26-27H,4-7H2,1H3. The molecule has 0 radical (unpaired) electrons. The van der Waals surface area contributed by atoms with Crippen LogP contribution in [0.2, 0.25) is 0 Å². The number of nitrogens with zero attached hydrogens (tertiary/aromatic N) is 6. The maximum absolute atomic E-state index is 11.0. The quantitative estimate of drug-likeness (QED) is 0.361. The van der Waals surface area contributed by atoms with E-state index < -0.39 is 10.6 Å². The van der Waals surface area contributed by atoms with Crippen LogP contribution in [0.15, 0.2) is 40.6 Å². The zero-order valence-corrected chi connectivity index (χ0v) is 16.0. The summed E-state index contributed by atoms with van der Waals surface area (Å²) in [7, 11) is 1.42. The molecule has 0 unspecified atom stereocenters. The lowest BCUT2D eigenvalue weighted by molar-refractivity contribution is -0.384. The summed E-state index contributed by atoms with van der Waals surface area (Å²) in [6, 6.07) is 10.5. The number of aliphatic hydroxyl groups excluding tert-OH is 2. The van der Waals surface area contributed by atoms with Crippen LogP contribution in [0.4, 0.5) is 22.7 Å². The second-order valence-electron chi connectivity index (χ2n) is 5.86. The molecule has 11 heteroatoms. The largest absolute Gasteiger partial charge is 0.494 e. The maximum Gasteiger partial charge on any atom is 0.272 e. The summed E-state index contributed by atoms with van der Waals surface area (Å²) in [6.07, 6.45) is 0. The van der Waals surface area contributed by atoms with E-state index in [4.69, 9.17) is 4.74 Å². The van der Waals surface area contributed by atoms with Crippen LogP contribution in [0.25, 0.3) is 0 Å². The van der Waals surface area contributed by atoms with E-state index in [1.54, 1.807) is 35.2 Å². The first-order chi connectivity index (χ1) is 14.5. The van der Waals surface area contributed by atoms with E-state index >= 15 is 0 Å². The molecule has 0 heterocycles. The molecule has 154 valence electrons. The Labute approximate surface area is 171 Å². The van der Waals surface area contributed by atoms with Gasteiger partial charge < -0.3 is 19.8 Å². The average Bonchev–Trinajstić information content (AvgIpc) is 2.76. The lowest BCUT2D eigenvalue weighted by Gasteiger charge is -2.23. The lowest BCUT2D eigenvalue weighted by atomic mass is 10.1. The smallest absolute Gasteiger partial charge is 0.272 e. The summed E-state index contributed by atoms with van der Waals surface area (Å²) in [5, 5.41) is 55.9. The van der Waals surface area contributed by atoms with Crippen molar-refractivity contribution in [2.75, 3.05) is 38.3 Å². The summed E-state index contributed by atoms with van der Waals surface area (Å²) in [6.45, 7) is 0.421. The minimum absolute atomic E-state index is 0.0843. The fourth-order valence-electron chi connectivity index (χ4n) is 2.66. The maximum atomic E-state index is 11.0. The predicted octanol–water partition coefficient (Wildman–Crippen LogP) is 2.55. The number of nitro groups is 1. The molecule has 0 saturated carbocycles. The van der Waals surface area contributed by atoms with Gasteiger partial charge in [0.15, 0.2) is 0 Å². The summed E-state index contributed by atoms with van der Waals surface area (Å²) < 4.78 is 5.32. The molecular formula is C19H18N6O5. The minimum Gasteiger partial charge on any atom is -0.494 e. The van der Waals surface area contributed by atoms with E-state index in [9.17, 15) is 30.9 Å². The average molecular weight is 410 g/mol. The van der Waals surface area contributed by atoms with Crippen LogP contribution in [0, 0.1) is 32.8 Å². The molecule has 0 atom stereocenters. The van der Waals surface area contributed by atoms with Gasteiger partial charge in [-0.2, -0.15) is 10.5 Å². The highest BCUT2D eigenvalue weighted by Crippen LogP contribution is 2.35. The topological polar surface area (TPSA) is 168 Å². The van der Waals surface area contributed by atoms with Crippen LogP contribution >= 0.6 is 0 Å². The van der Waals surface area contributed by atoms with Crippen molar-refractivity contribution in [3.8, 4) is 17.9 Å². The first-order valence-corrected chi connectivity index (χ1v) is 8.68. The molecular weight excluding hydrogens is 392 g/mol. The van der Waals surface area contributed by atoms with Gasteiger partial charge in [0.2, 0.25) is 0 Å². The Kier molecular flexibility index (Phi) is 7.76. The van der Waals surface area contributed by atoms with Crippen molar-refractivity contribution in [1.82, 2.24) is 0 Å². The van der Waals surface area contributed by atoms with Crippen molar-refractivity contribution in [3.63, 3.8) is 0 Å². The second-order valence-corrected chi connectivity index (χ2v) is 5.86. The molecule has 0 aliphatic heterocycles. The first kappa shape index (κ1) is 22.2. The first-order valence-electron chi connectivity index (χ1n) is 8.68. The van der Waals surface area contributed by atoms with E-state index in [-0.39, 0.29) is 30.0 Å². The number of hydrogen-bond donors (Lipinski definition) is 2. The van der Waals surface area contributed by atoms with E-state index in [0.29, 0.717) is 30.2 Å². The number of aliphatic hydroxyl groups is 2. The Hall–Kier alpha value is -4.06. The third-order valence-corrected chi connectivity index (χ3v) is 4.07. The molecule has 0 aliphatic rings. The molecule has 0 saturated heterocycles. The van der Waals surface area contributed by atoms with E-state index in [1.807, 2.05) is 0 Å². The SMILES string of the molecule is COc1cc(N(CCO)CCO)ccc1N=Nc1c(C#N)cc([N+](=O)[O-])cc1C#N. The van der Waals surface area contributed by atoms with Crippen LogP contribution in [-0.4, -0.2) is 48.5 Å². The number of nitriles is 2. The van der Waals surface area contributed by atoms with Crippen molar-refractivity contribution >= 4 is 22.7 Å². The number of azo groups is 1. The van der Waals surface area contributed by atoms with E-state index in [0.717, 1.165) is 12.1 Å². The number of methoxy groups -OCH3 is 1. The van der Waals surface area contributed by atoms with Crippen LogP contribution < -0.4 is 9.64 Å². The molecule has 0 fully saturated rings. The Bertz CT molecular complexity index is 1000. The van der Waals surface area contributed by atoms with Crippen molar-refractivity contribution in [3.05, 3.63) is 51.6 Å². The Morgan fingerprint density at radius 3 is 2.17 bits per heavy atom. The van der Waals surface area contributed by atoms with Gasteiger partial charge in [-0.15, -0.1) is 10.2 Å². The molecule has 2 aromatic rings. The summed E-state index contributed by atoms with van der Waals surface area (Å²) in [5.41, 5.74) is 0.185. The Balaban J connectivity index is 2.46. The molecule has 0 aromatic heterocycles. The highest BCUT2D eigenvalue weighted by atomic mass is 16.6. The summed E-state index contributed by atoms with van der Waals surface area (Å²) >= 11 is 0. The molecule has 0 aliphatic carbocycles. The van der Waals surface area contributed by atoms with Crippen molar-refractivity contribution in [2.45, 2.75) is 0 Å². The molecule has 30 heavy (non-hydrogen) atoms. The normalized spacial score (nSPS) is 10.4. The summed E-state index contributed by atoms with van der Waals surface area (Å²) in [5.74, 6) is 0.330. The van der Waals surface area contributed by atoms with Gasteiger partial charge in [0.05, 0.1) is 36.4 Å². The molecule has 11 nitrogen and oxygen atoms in total. The van der Waals surface area contributed by atoms with E-state index in [1.165, 1.54) is 7.11 Å². The van der Waals surface area contributed by atoms with Gasteiger partial charge in [-0.05, 0) is 12.1 Å². The fourth-order valence-corrected chi connectivity index (χ4v) is 2.66. The van der Waals surface area contributed by atoms with Gasteiger partial charge >= 0.3 is 0 Å². The van der Waals surface area contributed by atoms with Gasteiger partial charge in [-0.1, -0.05) is 0 Å². The van der Waals surface area contributed by atoms with Crippen LogP contribution in [-0.2, 0) is 0 Å². The number of anilines is 1. The van der Waals surface area contributed by atoms with Crippen molar-refractivity contribution in [1.29, 1.82) is 10.5 Å². The van der Waals surface area contributed by atoms with Crippen molar-refractivity contribution < 1.29 is 19.9 Å².